The molecule has 1 aromatic heterocycles. The molecular weight excluding hydrogens is 494 g/mol. The number of carbonyl (C=O) groups excluding carboxylic acids is 1. The smallest absolute Gasteiger partial charge is 0.253 e. The van der Waals surface area contributed by atoms with Crippen molar-refractivity contribution in [2.75, 3.05) is 44.2 Å². The van der Waals surface area contributed by atoms with Crippen molar-refractivity contribution in [2.24, 2.45) is 5.92 Å². The van der Waals surface area contributed by atoms with Crippen LogP contribution < -0.4 is 4.90 Å². The van der Waals surface area contributed by atoms with Crippen molar-refractivity contribution in [2.45, 2.75) is 24.7 Å². The number of amides is 1. The number of thiazole rings is 1. The Kier molecular flexibility index (Phi) is 6.49. The molecule has 7 nitrogen and oxygen atoms in total. The molecule has 0 aliphatic carbocycles. The van der Waals surface area contributed by atoms with Gasteiger partial charge in [0.25, 0.3) is 5.91 Å². The molecule has 0 saturated carbocycles. The van der Waals surface area contributed by atoms with E-state index in [0.29, 0.717) is 60.6 Å². The van der Waals surface area contributed by atoms with Gasteiger partial charge in [0.05, 0.1) is 9.60 Å². The minimum Gasteiger partial charge on any atom is -0.345 e. The number of benzene rings is 2. The molecule has 5 rings (SSSR count). The first kappa shape index (κ1) is 24.1. The first-order valence-corrected chi connectivity index (χ1v) is 13.9. The summed E-state index contributed by atoms with van der Waals surface area (Å²) in [4.78, 5) is 21.2. The number of piperidine rings is 1. The van der Waals surface area contributed by atoms with Crippen molar-refractivity contribution in [1.29, 1.82) is 0 Å². The Balaban J connectivity index is 1.24. The molecule has 0 spiro atoms. The van der Waals surface area contributed by atoms with E-state index in [1.165, 1.54) is 33.8 Å². The van der Waals surface area contributed by atoms with Gasteiger partial charge in [-0.1, -0.05) is 18.3 Å². The average Bonchev–Trinajstić information content (AvgIpc) is 3.28. The van der Waals surface area contributed by atoms with E-state index < -0.39 is 21.7 Å². The standard InChI is InChI=1S/C24H26F2N4O3S2/c1-16-3-2-8-30(15-16)35(32,33)19-6-4-17(5-7-19)23(31)28-9-11-29(12-10-28)24-27-22-20(26)13-18(25)14-21(22)34-24/h4-7,13-14,16H,2-3,8-12,15H2,1H3. The molecule has 0 radical (unpaired) electrons. The van der Waals surface area contributed by atoms with Crippen LogP contribution in [0.4, 0.5) is 13.9 Å². The molecule has 0 bridgehead atoms. The zero-order valence-corrected chi connectivity index (χ0v) is 20.9. The number of piperazine rings is 1. The predicted octanol–water partition coefficient (Wildman–Crippen LogP) is 3.96. The van der Waals surface area contributed by atoms with E-state index in [9.17, 15) is 22.0 Å². The summed E-state index contributed by atoms with van der Waals surface area (Å²) in [5.74, 6) is -1.15. The van der Waals surface area contributed by atoms with Gasteiger partial charge in [0.2, 0.25) is 10.0 Å². The second kappa shape index (κ2) is 9.44. The number of hydrogen-bond acceptors (Lipinski definition) is 6. The van der Waals surface area contributed by atoms with Crippen LogP contribution in [0.3, 0.4) is 0 Å². The van der Waals surface area contributed by atoms with Crippen LogP contribution in [0, 0.1) is 17.6 Å². The maximum absolute atomic E-state index is 14.0. The van der Waals surface area contributed by atoms with Gasteiger partial charge in [0.15, 0.2) is 10.9 Å². The van der Waals surface area contributed by atoms with Crippen molar-refractivity contribution < 1.29 is 22.0 Å². The molecule has 1 amide bonds. The molecule has 2 fully saturated rings. The van der Waals surface area contributed by atoms with E-state index >= 15 is 0 Å². The third kappa shape index (κ3) is 4.76. The highest BCUT2D eigenvalue weighted by Gasteiger charge is 2.29. The fourth-order valence-electron chi connectivity index (χ4n) is 4.65. The molecule has 3 aromatic rings. The van der Waals surface area contributed by atoms with Crippen LogP contribution in [-0.4, -0.2) is 67.8 Å². The van der Waals surface area contributed by atoms with E-state index in [0.717, 1.165) is 18.9 Å². The summed E-state index contributed by atoms with van der Waals surface area (Å²) in [6.07, 6.45) is 1.88. The number of anilines is 1. The lowest BCUT2D eigenvalue weighted by Crippen LogP contribution is -2.48. The van der Waals surface area contributed by atoms with Gasteiger partial charge in [-0.3, -0.25) is 4.79 Å². The van der Waals surface area contributed by atoms with Crippen molar-refractivity contribution in [3.05, 3.63) is 53.6 Å². The Bertz CT molecular complexity index is 1350. The Hall–Kier alpha value is -2.63. The average molecular weight is 521 g/mol. The second-order valence-electron chi connectivity index (χ2n) is 9.14. The summed E-state index contributed by atoms with van der Waals surface area (Å²) in [7, 11) is -3.57. The summed E-state index contributed by atoms with van der Waals surface area (Å²) < 4.78 is 55.4. The first-order valence-electron chi connectivity index (χ1n) is 11.6. The summed E-state index contributed by atoms with van der Waals surface area (Å²) >= 11 is 1.22. The summed E-state index contributed by atoms with van der Waals surface area (Å²) in [6, 6.07) is 8.25. The Morgan fingerprint density at radius 3 is 2.46 bits per heavy atom. The minimum atomic E-state index is -3.57. The van der Waals surface area contributed by atoms with Gasteiger partial charge in [-0.25, -0.2) is 22.2 Å². The first-order chi connectivity index (χ1) is 16.7. The van der Waals surface area contributed by atoms with Gasteiger partial charge in [0.1, 0.15) is 11.3 Å². The second-order valence-corrected chi connectivity index (χ2v) is 12.1. The Morgan fingerprint density at radius 2 is 1.77 bits per heavy atom. The van der Waals surface area contributed by atoms with Crippen LogP contribution in [0.25, 0.3) is 10.2 Å². The van der Waals surface area contributed by atoms with Crippen LogP contribution in [-0.2, 0) is 10.0 Å². The molecule has 186 valence electrons. The van der Waals surface area contributed by atoms with Crippen molar-refractivity contribution in [1.82, 2.24) is 14.2 Å². The SMILES string of the molecule is CC1CCCN(S(=O)(=O)c2ccc(C(=O)N3CCN(c4nc5c(F)cc(F)cc5s4)CC3)cc2)C1. The number of nitrogens with zero attached hydrogens (tertiary/aromatic N) is 4. The number of halogens is 2. The number of fused-ring (bicyclic) bond motifs is 1. The number of sulfonamides is 1. The lowest BCUT2D eigenvalue weighted by Gasteiger charge is -2.34. The minimum absolute atomic E-state index is 0.152. The molecular formula is C24H26F2N4O3S2. The van der Waals surface area contributed by atoms with Gasteiger partial charge in [-0.2, -0.15) is 4.31 Å². The highest BCUT2D eigenvalue weighted by molar-refractivity contribution is 7.89. The number of carbonyl (C=O) groups is 1. The largest absolute Gasteiger partial charge is 0.345 e. The van der Waals surface area contributed by atoms with Crippen molar-refractivity contribution in [3.8, 4) is 0 Å². The molecule has 3 heterocycles. The quantitative estimate of drug-likeness (QED) is 0.521. The Morgan fingerprint density at radius 1 is 1.06 bits per heavy atom. The Labute approximate surface area is 207 Å². The molecule has 35 heavy (non-hydrogen) atoms. The maximum Gasteiger partial charge on any atom is 0.253 e. The zero-order chi connectivity index (χ0) is 24.7. The number of aromatic nitrogens is 1. The molecule has 2 aromatic carbocycles. The summed E-state index contributed by atoms with van der Waals surface area (Å²) in [6.45, 7) is 4.99. The van der Waals surface area contributed by atoms with Gasteiger partial charge < -0.3 is 9.80 Å². The molecule has 2 saturated heterocycles. The van der Waals surface area contributed by atoms with Crippen LogP contribution in [0.2, 0.25) is 0 Å². The highest BCUT2D eigenvalue weighted by atomic mass is 32.2. The number of hydrogen-bond donors (Lipinski definition) is 0. The normalized spacial score (nSPS) is 19.9. The van der Waals surface area contributed by atoms with Crippen LogP contribution in [0.5, 0.6) is 0 Å². The third-order valence-corrected chi connectivity index (χ3v) is 9.54. The van der Waals surface area contributed by atoms with Crippen LogP contribution in [0.15, 0.2) is 41.3 Å². The zero-order valence-electron chi connectivity index (χ0n) is 19.3. The fraction of sp³-hybridized carbons (Fsp3) is 0.417. The molecule has 0 N–H and O–H groups in total. The van der Waals surface area contributed by atoms with Gasteiger partial charge in [-0.05, 0) is 49.1 Å². The van der Waals surface area contributed by atoms with Gasteiger partial charge >= 0.3 is 0 Å². The molecule has 2 aliphatic rings. The highest BCUT2D eigenvalue weighted by Crippen LogP contribution is 2.32. The van der Waals surface area contributed by atoms with Crippen molar-refractivity contribution in [3.63, 3.8) is 0 Å². The predicted molar refractivity (Wildman–Crippen MR) is 131 cm³/mol. The lowest BCUT2D eigenvalue weighted by molar-refractivity contribution is 0.0746. The third-order valence-electron chi connectivity index (χ3n) is 6.60. The molecule has 1 atom stereocenters. The molecule has 11 heteroatoms. The van der Waals surface area contributed by atoms with Gasteiger partial charge in [-0.15, -0.1) is 0 Å². The van der Waals surface area contributed by atoms with Crippen LogP contribution >= 0.6 is 11.3 Å². The van der Waals surface area contributed by atoms with E-state index in [4.69, 9.17) is 0 Å². The number of rotatable bonds is 4. The van der Waals surface area contributed by atoms with Crippen molar-refractivity contribution >= 4 is 42.6 Å². The van der Waals surface area contributed by atoms with Crippen LogP contribution in [0.1, 0.15) is 30.1 Å². The van der Waals surface area contributed by atoms with E-state index in [1.807, 2.05) is 4.90 Å². The van der Waals surface area contributed by atoms with Gasteiger partial charge in [0, 0.05) is 50.9 Å². The fourth-order valence-corrected chi connectivity index (χ4v) is 7.30. The lowest BCUT2D eigenvalue weighted by atomic mass is 10.0. The molecule has 2 aliphatic heterocycles. The maximum atomic E-state index is 14.0. The monoisotopic (exact) mass is 520 g/mol. The van der Waals surface area contributed by atoms with E-state index in [1.54, 1.807) is 17.0 Å². The van der Waals surface area contributed by atoms with E-state index in [2.05, 4.69) is 11.9 Å². The molecule has 1 unspecified atom stereocenters. The summed E-state index contributed by atoms with van der Waals surface area (Å²) in [5.41, 5.74) is 0.584. The summed E-state index contributed by atoms with van der Waals surface area (Å²) in [5, 5.41) is 0.596. The topological polar surface area (TPSA) is 73.8 Å². The van der Waals surface area contributed by atoms with E-state index in [-0.39, 0.29) is 16.3 Å².